The monoisotopic (exact) mass is 387 g/mol. The van der Waals surface area contributed by atoms with Crippen LogP contribution in [0, 0.1) is 5.41 Å². The number of amides is 3. The number of hydrogen-bond donors (Lipinski definition) is 0. The normalized spacial score (nSPS) is 20.4. The molecule has 0 radical (unpaired) electrons. The van der Waals surface area contributed by atoms with Gasteiger partial charge in [-0.1, -0.05) is 51.1 Å². The zero-order valence-electron chi connectivity index (χ0n) is 17.6. The van der Waals surface area contributed by atoms with E-state index in [9.17, 15) is 9.59 Å². The van der Waals surface area contributed by atoms with Crippen LogP contribution in [0.4, 0.5) is 4.79 Å². The number of ether oxygens (including phenoxy) is 1. The van der Waals surface area contributed by atoms with Crippen LogP contribution in [0.3, 0.4) is 0 Å². The number of imide groups is 1. The zero-order valence-corrected chi connectivity index (χ0v) is 17.6. The van der Waals surface area contributed by atoms with E-state index in [2.05, 4.69) is 25.7 Å². The van der Waals surface area contributed by atoms with Crippen LogP contribution in [0.2, 0.25) is 0 Å². The molecule has 3 amide bonds. The summed E-state index contributed by atoms with van der Waals surface area (Å²) in [4.78, 5) is 32.2. The van der Waals surface area contributed by atoms with E-state index in [4.69, 9.17) is 4.74 Å². The summed E-state index contributed by atoms with van der Waals surface area (Å²) in [5.74, 6) is -0.0547. The Morgan fingerprint density at radius 2 is 1.71 bits per heavy atom. The Hall–Kier alpha value is -1.92. The van der Waals surface area contributed by atoms with Crippen molar-refractivity contribution in [2.24, 2.45) is 5.41 Å². The molecule has 0 aromatic heterocycles. The predicted molar refractivity (Wildman–Crippen MR) is 109 cm³/mol. The highest BCUT2D eigenvalue weighted by Gasteiger charge is 2.57. The Labute approximate surface area is 168 Å². The minimum absolute atomic E-state index is 0.0547. The number of urea groups is 1. The molecule has 3 rings (SSSR count). The van der Waals surface area contributed by atoms with E-state index in [1.807, 2.05) is 35.2 Å². The molecule has 2 saturated heterocycles. The van der Waals surface area contributed by atoms with Gasteiger partial charge < -0.3 is 14.5 Å². The molecule has 6 nitrogen and oxygen atoms in total. The number of methoxy groups -OCH3 is 1. The van der Waals surface area contributed by atoms with Crippen LogP contribution < -0.4 is 0 Å². The molecule has 0 N–H and O–H groups in total. The average molecular weight is 388 g/mol. The zero-order chi connectivity index (χ0) is 20.4. The van der Waals surface area contributed by atoms with E-state index in [0.29, 0.717) is 32.5 Å². The Morgan fingerprint density at radius 1 is 1.07 bits per heavy atom. The van der Waals surface area contributed by atoms with Gasteiger partial charge in [-0.05, 0) is 23.8 Å². The van der Waals surface area contributed by atoms with Crippen molar-refractivity contribution in [3.63, 3.8) is 0 Å². The second kappa shape index (κ2) is 8.21. The third-order valence-electron chi connectivity index (χ3n) is 5.71. The summed E-state index contributed by atoms with van der Waals surface area (Å²) in [6.45, 7) is 10.5. The Morgan fingerprint density at radius 3 is 2.29 bits per heavy atom. The molecule has 0 atom stereocenters. The molecule has 0 aliphatic carbocycles. The first-order valence-corrected chi connectivity index (χ1v) is 10.2. The number of benzene rings is 1. The molecule has 154 valence electrons. The van der Waals surface area contributed by atoms with Crippen molar-refractivity contribution in [1.29, 1.82) is 0 Å². The molecule has 1 spiro atoms. The van der Waals surface area contributed by atoms with E-state index in [0.717, 1.165) is 25.2 Å². The highest BCUT2D eigenvalue weighted by atomic mass is 16.5. The number of piperidine rings is 1. The number of hydrogen-bond acceptors (Lipinski definition) is 4. The largest absolute Gasteiger partial charge is 0.383 e. The first-order chi connectivity index (χ1) is 13.3. The summed E-state index contributed by atoms with van der Waals surface area (Å²) in [6, 6.07) is 9.75. The van der Waals surface area contributed by atoms with E-state index in [-0.39, 0.29) is 17.4 Å². The van der Waals surface area contributed by atoms with E-state index >= 15 is 0 Å². The fourth-order valence-electron chi connectivity index (χ4n) is 4.38. The summed E-state index contributed by atoms with van der Waals surface area (Å²) < 4.78 is 5.13. The molecule has 0 saturated carbocycles. The molecule has 28 heavy (non-hydrogen) atoms. The summed E-state index contributed by atoms with van der Waals surface area (Å²) in [5.41, 5.74) is 0.539. The summed E-state index contributed by atoms with van der Waals surface area (Å²) >= 11 is 0. The van der Waals surface area contributed by atoms with Gasteiger partial charge in [0.15, 0.2) is 0 Å². The Bertz CT molecular complexity index is 691. The molecule has 0 unspecified atom stereocenters. The van der Waals surface area contributed by atoms with Crippen LogP contribution in [0.25, 0.3) is 0 Å². The Kier molecular flexibility index (Phi) is 6.10. The molecular weight excluding hydrogens is 354 g/mol. The van der Waals surface area contributed by atoms with Gasteiger partial charge in [-0.3, -0.25) is 9.69 Å². The van der Waals surface area contributed by atoms with Crippen LogP contribution in [-0.2, 0) is 16.1 Å². The smallest absolute Gasteiger partial charge is 0.328 e. The highest BCUT2D eigenvalue weighted by molar-refractivity contribution is 6.07. The quantitative estimate of drug-likeness (QED) is 0.704. The topological polar surface area (TPSA) is 53.1 Å². The van der Waals surface area contributed by atoms with Crippen LogP contribution >= 0.6 is 0 Å². The lowest BCUT2D eigenvalue weighted by atomic mass is 9.84. The number of likely N-dealkylation sites (tertiary alicyclic amines) is 1. The van der Waals surface area contributed by atoms with Crippen LogP contribution in [0.15, 0.2) is 30.3 Å². The second-order valence-electron chi connectivity index (χ2n) is 9.17. The molecule has 1 aromatic carbocycles. The molecular formula is C22H33N3O3. The van der Waals surface area contributed by atoms with E-state index in [1.54, 1.807) is 7.11 Å². The van der Waals surface area contributed by atoms with Gasteiger partial charge in [-0.25, -0.2) is 4.79 Å². The molecule has 0 bridgehead atoms. The maximum Gasteiger partial charge on any atom is 0.328 e. The number of rotatable bonds is 6. The third-order valence-corrected chi connectivity index (χ3v) is 5.71. The summed E-state index contributed by atoms with van der Waals surface area (Å²) in [7, 11) is 1.59. The van der Waals surface area contributed by atoms with Gasteiger partial charge >= 0.3 is 6.03 Å². The van der Waals surface area contributed by atoms with Crippen LogP contribution in [-0.4, -0.2) is 72.1 Å². The maximum atomic E-state index is 13.4. The molecule has 2 heterocycles. The van der Waals surface area contributed by atoms with Gasteiger partial charge in [0.1, 0.15) is 5.54 Å². The van der Waals surface area contributed by atoms with Crippen molar-refractivity contribution < 1.29 is 14.3 Å². The van der Waals surface area contributed by atoms with Crippen molar-refractivity contribution in [1.82, 2.24) is 14.7 Å². The van der Waals surface area contributed by atoms with Gasteiger partial charge in [0.25, 0.3) is 5.91 Å². The Balaban J connectivity index is 1.83. The minimum Gasteiger partial charge on any atom is -0.383 e. The van der Waals surface area contributed by atoms with E-state index in [1.165, 1.54) is 4.90 Å². The predicted octanol–water partition coefficient (Wildman–Crippen LogP) is 2.98. The van der Waals surface area contributed by atoms with Gasteiger partial charge in [-0.15, -0.1) is 0 Å². The van der Waals surface area contributed by atoms with Crippen molar-refractivity contribution >= 4 is 11.9 Å². The fourth-order valence-corrected chi connectivity index (χ4v) is 4.38. The summed E-state index contributed by atoms with van der Waals surface area (Å²) in [5, 5.41) is 0. The lowest BCUT2D eigenvalue weighted by Gasteiger charge is -2.43. The molecule has 2 aliphatic rings. The van der Waals surface area contributed by atoms with E-state index < -0.39 is 5.54 Å². The van der Waals surface area contributed by atoms with Crippen molar-refractivity contribution in [2.75, 3.05) is 39.9 Å². The average Bonchev–Trinajstić information content (AvgIpc) is 2.83. The van der Waals surface area contributed by atoms with Gasteiger partial charge in [0.05, 0.1) is 13.2 Å². The van der Waals surface area contributed by atoms with Crippen molar-refractivity contribution in [3.05, 3.63) is 35.9 Å². The standard InChI is InChI=1S/C22H33N3O3/c1-21(2,3)17-23-12-10-22(11-13-23)19(26)24(14-15-28-4)20(27)25(22)16-18-8-6-5-7-9-18/h5-9H,10-17H2,1-4H3. The number of carbonyl (C=O) groups is 2. The maximum absolute atomic E-state index is 13.4. The van der Waals surface area contributed by atoms with Crippen LogP contribution in [0.1, 0.15) is 39.2 Å². The van der Waals surface area contributed by atoms with Gasteiger partial charge in [-0.2, -0.15) is 0 Å². The van der Waals surface area contributed by atoms with Gasteiger partial charge in [0, 0.05) is 33.3 Å². The van der Waals surface area contributed by atoms with Crippen molar-refractivity contribution in [2.45, 2.75) is 45.7 Å². The molecule has 2 fully saturated rings. The number of nitrogens with zero attached hydrogens (tertiary/aromatic N) is 3. The first-order valence-electron chi connectivity index (χ1n) is 10.2. The lowest BCUT2D eigenvalue weighted by Crippen LogP contribution is -2.57. The van der Waals surface area contributed by atoms with Crippen LogP contribution in [0.5, 0.6) is 0 Å². The SMILES string of the molecule is COCCN1C(=O)N(Cc2ccccc2)C2(CCN(CC(C)(C)C)CC2)C1=O. The summed E-state index contributed by atoms with van der Waals surface area (Å²) in [6.07, 6.45) is 1.37. The molecule has 1 aromatic rings. The third kappa shape index (κ3) is 4.23. The molecule has 6 heteroatoms. The molecule has 2 aliphatic heterocycles. The second-order valence-corrected chi connectivity index (χ2v) is 9.17. The highest BCUT2D eigenvalue weighted by Crippen LogP contribution is 2.39. The first kappa shape index (κ1) is 20.8. The lowest BCUT2D eigenvalue weighted by molar-refractivity contribution is -0.136. The van der Waals surface area contributed by atoms with Crippen molar-refractivity contribution in [3.8, 4) is 0 Å². The number of carbonyl (C=O) groups excluding carboxylic acids is 2. The minimum atomic E-state index is -0.727. The van der Waals surface area contributed by atoms with Gasteiger partial charge in [0.2, 0.25) is 0 Å². The fraction of sp³-hybridized carbons (Fsp3) is 0.636.